The van der Waals surface area contributed by atoms with Gasteiger partial charge in [0, 0.05) is 11.4 Å². The molecule has 2 atom stereocenters. The summed E-state index contributed by atoms with van der Waals surface area (Å²) in [5.74, 6) is -0.472. The summed E-state index contributed by atoms with van der Waals surface area (Å²) in [6.07, 6.45) is 1.87. The van der Waals surface area contributed by atoms with E-state index in [1.54, 1.807) is 48.5 Å². The molecule has 0 spiro atoms. The number of carbonyl (C=O) groups excluding carboxylic acids is 2. The van der Waals surface area contributed by atoms with Gasteiger partial charge in [-0.3, -0.25) is 9.59 Å². The van der Waals surface area contributed by atoms with Crippen molar-refractivity contribution in [1.82, 2.24) is 0 Å². The van der Waals surface area contributed by atoms with Crippen LogP contribution in [-0.2, 0) is 0 Å². The Morgan fingerprint density at radius 2 is 1.12 bits per heavy atom. The van der Waals surface area contributed by atoms with E-state index in [1.807, 2.05) is 12.1 Å². The number of amides is 2. The van der Waals surface area contributed by atoms with Gasteiger partial charge in [0.2, 0.25) is 0 Å². The van der Waals surface area contributed by atoms with Crippen molar-refractivity contribution in [3.05, 3.63) is 82.9 Å². The first kappa shape index (κ1) is 24.8. The van der Waals surface area contributed by atoms with E-state index in [9.17, 15) is 19.8 Å². The third kappa shape index (κ3) is 5.76. The van der Waals surface area contributed by atoms with Gasteiger partial charge in [0.15, 0.2) is 0 Å². The molecule has 0 fully saturated rings. The Bertz CT molecular complexity index is 1100. The lowest BCUT2D eigenvalue weighted by Crippen LogP contribution is -2.14. The topological polar surface area (TPSA) is 98.7 Å². The summed E-state index contributed by atoms with van der Waals surface area (Å²) < 4.78 is 0. The average Bonchev–Trinajstić information content (AvgIpc) is 2.82. The fraction of sp³-hybridized carbons (Fsp3) is 0.286. The standard InChI is InChI=1S/C28H32N2O4/c1-5-17(3)19-10-12-23(25(31)14-19)27(33)29-21-8-7-9-22(16-21)30-28(34)24-13-11-20(15-26(24)32)18(4)6-2/h7-18,31-32H,5-6H2,1-4H3,(H,29,33)(H,30,34). The fourth-order valence-electron chi connectivity index (χ4n) is 3.64. The minimum absolute atomic E-state index is 0.0731. The lowest BCUT2D eigenvalue weighted by Gasteiger charge is -2.13. The summed E-state index contributed by atoms with van der Waals surface area (Å²) in [4.78, 5) is 25.4. The van der Waals surface area contributed by atoms with Crippen LogP contribution in [0, 0.1) is 0 Å². The molecule has 2 amide bonds. The van der Waals surface area contributed by atoms with Crippen LogP contribution in [0.15, 0.2) is 60.7 Å². The first-order chi connectivity index (χ1) is 16.2. The quantitative estimate of drug-likeness (QED) is 0.303. The maximum absolute atomic E-state index is 12.7. The molecule has 6 heteroatoms. The molecule has 0 aliphatic rings. The molecule has 178 valence electrons. The minimum Gasteiger partial charge on any atom is -0.507 e. The Morgan fingerprint density at radius 3 is 1.47 bits per heavy atom. The first-order valence-electron chi connectivity index (χ1n) is 11.6. The van der Waals surface area contributed by atoms with Gasteiger partial charge in [-0.25, -0.2) is 0 Å². The van der Waals surface area contributed by atoms with Gasteiger partial charge in [0.05, 0.1) is 11.1 Å². The van der Waals surface area contributed by atoms with Crippen LogP contribution >= 0.6 is 0 Å². The molecule has 0 heterocycles. The van der Waals surface area contributed by atoms with Crippen molar-refractivity contribution >= 4 is 23.2 Å². The largest absolute Gasteiger partial charge is 0.507 e. The number of carbonyl (C=O) groups is 2. The molecular weight excluding hydrogens is 428 g/mol. The highest BCUT2D eigenvalue weighted by atomic mass is 16.3. The maximum Gasteiger partial charge on any atom is 0.259 e. The molecule has 0 aliphatic heterocycles. The molecule has 6 nitrogen and oxygen atoms in total. The summed E-state index contributed by atoms with van der Waals surface area (Å²) in [7, 11) is 0. The first-order valence-corrected chi connectivity index (χ1v) is 11.6. The lowest BCUT2D eigenvalue weighted by atomic mass is 9.97. The predicted octanol–water partition coefficient (Wildman–Crippen LogP) is 6.63. The van der Waals surface area contributed by atoms with Gasteiger partial charge in [-0.15, -0.1) is 0 Å². The van der Waals surface area contributed by atoms with Crippen molar-refractivity contribution in [3.8, 4) is 11.5 Å². The van der Waals surface area contributed by atoms with E-state index in [4.69, 9.17) is 0 Å². The monoisotopic (exact) mass is 460 g/mol. The van der Waals surface area contributed by atoms with Gasteiger partial charge in [0.25, 0.3) is 11.8 Å². The summed E-state index contributed by atoms with van der Waals surface area (Å²) in [5, 5.41) is 26.2. The number of nitrogens with one attached hydrogen (secondary N) is 2. The van der Waals surface area contributed by atoms with Crippen molar-refractivity contribution in [2.24, 2.45) is 0 Å². The van der Waals surface area contributed by atoms with Crippen LogP contribution < -0.4 is 10.6 Å². The highest BCUT2D eigenvalue weighted by molar-refractivity contribution is 6.08. The number of phenols is 2. The van der Waals surface area contributed by atoms with Crippen molar-refractivity contribution < 1.29 is 19.8 Å². The van der Waals surface area contributed by atoms with Crippen LogP contribution in [0.4, 0.5) is 11.4 Å². The van der Waals surface area contributed by atoms with E-state index in [1.165, 1.54) is 0 Å². The van der Waals surface area contributed by atoms with E-state index in [-0.39, 0.29) is 34.5 Å². The number of hydrogen-bond acceptors (Lipinski definition) is 4. The van der Waals surface area contributed by atoms with Crippen molar-refractivity contribution in [1.29, 1.82) is 0 Å². The molecule has 0 saturated carbocycles. The number of aromatic hydroxyl groups is 2. The molecule has 34 heavy (non-hydrogen) atoms. The second-order valence-corrected chi connectivity index (χ2v) is 8.66. The summed E-state index contributed by atoms with van der Waals surface area (Å²) in [6.45, 7) is 8.26. The third-order valence-electron chi connectivity index (χ3n) is 6.27. The number of hydrogen-bond donors (Lipinski definition) is 4. The summed E-state index contributed by atoms with van der Waals surface area (Å²) >= 11 is 0. The minimum atomic E-state index is -0.449. The highest BCUT2D eigenvalue weighted by Crippen LogP contribution is 2.28. The third-order valence-corrected chi connectivity index (χ3v) is 6.27. The van der Waals surface area contributed by atoms with Crippen LogP contribution in [0.25, 0.3) is 0 Å². The van der Waals surface area contributed by atoms with Crippen molar-refractivity contribution in [2.45, 2.75) is 52.4 Å². The van der Waals surface area contributed by atoms with E-state index in [2.05, 4.69) is 38.3 Å². The Kier molecular flexibility index (Phi) is 7.95. The second kappa shape index (κ2) is 10.9. The molecule has 0 aliphatic carbocycles. The number of phenolic OH excluding ortho intramolecular Hbond substituents is 2. The molecule has 3 aromatic rings. The van der Waals surface area contributed by atoms with E-state index >= 15 is 0 Å². The number of anilines is 2. The van der Waals surface area contributed by atoms with Gasteiger partial charge < -0.3 is 20.8 Å². The van der Waals surface area contributed by atoms with Gasteiger partial charge in [-0.2, -0.15) is 0 Å². The van der Waals surface area contributed by atoms with Crippen LogP contribution in [0.5, 0.6) is 11.5 Å². The highest BCUT2D eigenvalue weighted by Gasteiger charge is 2.16. The summed E-state index contributed by atoms with van der Waals surface area (Å²) in [6, 6.07) is 16.9. The fourth-order valence-corrected chi connectivity index (χ4v) is 3.64. The molecular formula is C28H32N2O4. The Hall–Kier alpha value is -3.80. The van der Waals surface area contributed by atoms with Gasteiger partial charge in [0.1, 0.15) is 11.5 Å². The van der Waals surface area contributed by atoms with E-state index in [0.717, 1.165) is 24.0 Å². The Morgan fingerprint density at radius 1 is 0.706 bits per heavy atom. The lowest BCUT2D eigenvalue weighted by molar-refractivity contribution is 0.101. The van der Waals surface area contributed by atoms with Gasteiger partial charge in [-0.1, -0.05) is 45.9 Å². The Labute approximate surface area is 200 Å². The number of benzene rings is 3. The Balaban J connectivity index is 1.72. The van der Waals surface area contributed by atoms with E-state index in [0.29, 0.717) is 11.4 Å². The SMILES string of the molecule is CCC(C)c1ccc(C(=O)Nc2cccc(NC(=O)c3ccc(C(C)CC)cc3O)c2)c(O)c1. The maximum atomic E-state index is 12.7. The molecule has 0 aromatic heterocycles. The second-order valence-electron chi connectivity index (χ2n) is 8.66. The molecule has 0 bridgehead atoms. The number of rotatable bonds is 8. The zero-order valence-electron chi connectivity index (χ0n) is 20.1. The van der Waals surface area contributed by atoms with Crippen molar-refractivity contribution in [2.75, 3.05) is 10.6 Å². The molecule has 4 N–H and O–H groups in total. The molecule has 0 saturated heterocycles. The average molecular weight is 461 g/mol. The molecule has 3 rings (SSSR count). The molecule has 3 aromatic carbocycles. The van der Waals surface area contributed by atoms with Crippen molar-refractivity contribution in [3.63, 3.8) is 0 Å². The predicted molar refractivity (Wildman–Crippen MR) is 136 cm³/mol. The van der Waals surface area contributed by atoms with Gasteiger partial charge >= 0.3 is 0 Å². The van der Waals surface area contributed by atoms with Gasteiger partial charge in [-0.05, 0) is 78.3 Å². The molecule has 0 radical (unpaired) electrons. The molecule has 2 unspecified atom stereocenters. The van der Waals surface area contributed by atoms with Crippen LogP contribution in [0.1, 0.15) is 84.2 Å². The van der Waals surface area contributed by atoms with Crippen LogP contribution in [-0.4, -0.2) is 22.0 Å². The summed E-state index contributed by atoms with van der Waals surface area (Å²) in [5.41, 5.74) is 3.22. The van der Waals surface area contributed by atoms with E-state index < -0.39 is 11.8 Å². The normalized spacial score (nSPS) is 12.6. The van der Waals surface area contributed by atoms with Crippen LogP contribution in [0.2, 0.25) is 0 Å². The smallest absolute Gasteiger partial charge is 0.259 e. The zero-order valence-corrected chi connectivity index (χ0v) is 20.1. The van der Waals surface area contributed by atoms with Crippen LogP contribution in [0.3, 0.4) is 0 Å². The zero-order chi connectivity index (χ0) is 24.8.